The molecule has 0 saturated heterocycles. The number of benzene rings is 2. The summed E-state index contributed by atoms with van der Waals surface area (Å²) in [5, 5.41) is 2.13. The van der Waals surface area contributed by atoms with Gasteiger partial charge < -0.3 is 10.1 Å². The number of hydrogen-bond acceptors (Lipinski definition) is 4. The highest BCUT2D eigenvalue weighted by molar-refractivity contribution is 14.1. The quantitative estimate of drug-likeness (QED) is 0.248. The van der Waals surface area contributed by atoms with E-state index in [0.29, 0.717) is 0 Å². The topological polar surface area (TPSA) is 55.4 Å². The van der Waals surface area contributed by atoms with Crippen molar-refractivity contribution < 1.29 is 31.9 Å². The molecule has 0 amide bonds. The second kappa shape index (κ2) is 7.16. The minimum absolute atomic E-state index is 0.0137. The van der Waals surface area contributed by atoms with Gasteiger partial charge in [-0.1, -0.05) is 0 Å². The highest BCUT2D eigenvalue weighted by atomic mass is 127. The van der Waals surface area contributed by atoms with Crippen LogP contribution >= 0.6 is 22.6 Å². The van der Waals surface area contributed by atoms with Crippen molar-refractivity contribution in [3.63, 3.8) is 0 Å². The van der Waals surface area contributed by atoms with Crippen LogP contribution in [0.2, 0.25) is 0 Å². The molecular formula is C15H8F4INO3. The third-order valence-corrected chi connectivity index (χ3v) is 3.86. The molecule has 0 atom stereocenters. The van der Waals surface area contributed by atoms with Crippen LogP contribution in [0.1, 0.15) is 20.7 Å². The molecule has 4 nitrogen and oxygen atoms in total. The summed E-state index contributed by atoms with van der Waals surface area (Å²) in [4.78, 5) is 22.5. The van der Waals surface area contributed by atoms with Crippen molar-refractivity contribution in [3.05, 3.63) is 56.2 Å². The molecule has 0 bridgehead atoms. The number of hydrogen-bond donors (Lipinski definition) is 1. The van der Waals surface area contributed by atoms with Crippen LogP contribution in [0.3, 0.4) is 0 Å². The number of esters is 1. The van der Waals surface area contributed by atoms with Crippen LogP contribution in [0.15, 0.2) is 18.2 Å². The maximum absolute atomic E-state index is 14.2. The van der Waals surface area contributed by atoms with Gasteiger partial charge in [-0.15, -0.1) is 0 Å². The molecule has 2 aromatic carbocycles. The lowest BCUT2D eigenvalue weighted by Gasteiger charge is -2.14. The Morgan fingerprint density at radius 1 is 1.12 bits per heavy atom. The maximum Gasteiger partial charge on any atom is 0.340 e. The number of carbonyl (C=O) groups excluding carboxylic acids is 2. The molecule has 0 aliphatic carbocycles. The Morgan fingerprint density at radius 3 is 2.38 bits per heavy atom. The van der Waals surface area contributed by atoms with E-state index in [1.54, 1.807) is 22.6 Å². The average Bonchev–Trinajstić information content (AvgIpc) is 2.56. The van der Waals surface area contributed by atoms with Crippen LogP contribution in [0, 0.1) is 26.8 Å². The Labute approximate surface area is 146 Å². The van der Waals surface area contributed by atoms with E-state index < -0.39 is 51.7 Å². The summed E-state index contributed by atoms with van der Waals surface area (Å²) in [5.41, 5.74) is -2.55. The van der Waals surface area contributed by atoms with Crippen LogP contribution in [0.4, 0.5) is 28.9 Å². The van der Waals surface area contributed by atoms with Crippen LogP contribution in [-0.4, -0.2) is 19.4 Å². The molecule has 1 N–H and O–H groups in total. The average molecular weight is 453 g/mol. The first-order valence-corrected chi connectivity index (χ1v) is 7.35. The molecule has 9 heteroatoms. The van der Waals surface area contributed by atoms with E-state index in [1.807, 2.05) is 0 Å². The van der Waals surface area contributed by atoms with Gasteiger partial charge in [0, 0.05) is 6.07 Å². The van der Waals surface area contributed by atoms with E-state index in [4.69, 9.17) is 0 Å². The number of anilines is 2. The van der Waals surface area contributed by atoms with E-state index in [-0.39, 0.29) is 9.86 Å². The Kier molecular flexibility index (Phi) is 5.42. The van der Waals surface area contributed by atoms with Gasteiger partial charge in [0.05, 0.1) is 33.2 Å². The first-order valence-electron chi connectivity index (χ1n) is 6.27. The zero-order valence-electron chi connectivity index (χ0n) is 11.9. The monoisotopic (exact) mass is 453 g/mol. The van der Waals surface area contributed by atoms with E-state index >= 15 is 0 Å². The molecular weight excluding hydrogens is 445 g/mol. The minimum Gasteiger partial charge on any atom is -0.465 e. The van der Waals surface area contributed by atoms with E-state index in [1.165, 1.54) is 0 Å². The summed E-state index contributed by atoms with van der Waals surface area (Å²) in [5.74, 6) is -5.98. The predicted molar refractivity (Wildman–Crippen MR) is 85.4 cm³/mol. The van der Waals surface area contributed by atoms with Crippen molar-refractivity contribution in [2.45, 2.75) is 0 Å². The van der Waals surface area contributed by atoms with Crippen LogP contribution in [-0.2, 0) is 4.74 Å². The fraction of sp³-hybridized carbons (Fsp3) is 0.0667. The number of carbonyl (C=O) groups is 2. The molecule has 0 spiro atoms. The zero-order valence-corrected chi connectivity index (χ0v) is 14.1. The first kappa shape index (κ1) is 18.2. The highest BCUT2D eigenvalue weighted by Crippen LogP contribution is 2.31. The van der Waals surface area contributed by atoms with Gasteiger partial charge >= 0.3 is 5.97 Å². The minimum atomic E-state index is -1.60. The first-order chi connectivity index (χ1) is 11.3. The van der Waals surface area contributed by atoms with Gasteiger partial charge in [-0.2, -0.15) is 0 Å². The van der Waals surface area contributed by atoms with Gasteiger partial charge in [0.25, 0.3) is 0 Å². The van der Waals surface area contributed by atoms with E-state index in [2.05, 4.69) is 10.1 Å². The van der Waals surface area contributed by atoms with Crippen LogP contribution < -0.4 is 5.32 Å². The highest BCUT2D eigenvalue weighted by Gasteiger charge is 2.24. The summed E-state index contributed by atoms with van der Waals surface area (Å²) in [6.45, 7) is 0. The van der Waals surface area contributed by atoms with Gasteiger partial charge in [0.2, 0.25) is 0 Å². The summed E-state index contributed by atoms with van der Waals surface area (Å²) in [7, 11) is 0.985. The van der Waals surface area contributed by atoms with E-state index in [9.17, 15) is 27.2 Å². The normalized spacial score (nSPS) is 10.4. The van der Waals surface area contributed by atoms with Gasteiger partial charge in [-0.25, -0.2) is 22.4 Å². The Morgan fingerprint density at radius 2 is 1.79 bits per heavy atom. The van der Waals surface area contributed by atoms with Crippen LogP contribution in [0.5, 0.6) is 0 Å². The molecule has 0 saturated carbocycles. The fourth-order valence-electron chi connectivity index (χ4n) is 1.88. The molecule has 2 aromatic rings. The van der Waals surface area contributed by atoms with Crippen molar-refractivity contribution in [1.29, 1.82) is 0 Å². The smallest absolute Gasteiger partial charge is 0.340 e. The van der Waals surface area contributed by atoms with Crippen molar-refractivity contribution >= 4 is 46.2 Å². The van der Waals surface area contributed by atoms with Crippen molar-refractivity contribution in [2.75, 3.05) is 12.4 Å². The number of nitrogens with one attached hydrogen (secondary N) is 1. The fourth-order valence-corrected chi connectivity index (χ4v) is 2.31. The SMILES string of the molecule is COC(=O)c1cc(C=O)c(F)c(F)c1Nc1cc(F)c(I)cc1F. The molecule has 24 heavy (non-hydrogen) atoms. The molecule has 0 fully saturated rings. The molecule has 0 aromatic heterocycles. The second-order valence-corrected chi connectivity index (χ2v) is 5.66. The lowest BCUT2D eigenvalue weighted by Crippen LogP contribution is -2.11. The molecule has 2 rings (SSSR count). The number of methoxy groups -OCH3 is 1. The number of ether oxygens (including phenoxy) is 1. The molecule has 0 radical (unpaired) electrons. The second-order valence-electron chi connectivity index (χ2n) is 4.50. The van der Waals surface area contributed by atoms with Crippen molar-refractivity contribution in [3.8, 4) is 0 Å². The summed E-state index contributed by atoms with van der Waals surface area (Å²) >= 11 is 1.55. The Balaban J connectivity index is 2.65. The largest absolute Gasteiger partial charge is 0.465 e. The third kappa shape index (κ3) is 3.35. The van der Waals surface area contributed by atoms with Gasteiger partial charge in [-0.3, -0.25) is 4.79 Å². The van der Waals surface area contributed by atoms with Gasteiger partial charge in [0.1, 0.15) is 11.6 Å². The van der Waals surface area contributed by atoms with Crippen molar-refractivity contribution in [2.24, 2.45) is 0 Å². The molecule has 0 unspecified atom stereocenters. The van der Waals surface area contributed by atoms with E-state index in [0.717, 1.165) is 25.3 Å². The lowest BCUT2D eigenvalue weighted by molar-refractivity contribution is 0.0601. The number of rotatable bonds is 4. The standard InChI is InChI=1S/C15H8F4INO3/c1-24-15(23)7-2-6(5-22)12(18)13(19)14(7)21-11-4-8(16)10(20)3-9(11)17/h2-5,21H,1H3. The molecule has 0 heterocycles. The van der Waals surface area contributed by atoms with Crippen molar-refractivity contribution in [1.82, 2.24) is 0 Å². The predicted octanol–water partition coefficient (Wildman–Crippen LogP) is 4.19. The number of halogens is 5. The van der Waals surface area contributed by atoms with Gasteiger partial charge in [-0.05, 0) is 34.7 Å². The summed E-state index contributed by atoms with van der Waals surface area (Å²) in [6, 6.07) is 2.31. The maximum atomic E-state index is 14.2. The number of aldehydes is 1. The molecule has 126 valence electrons. The Bertz CT molecular complexity index is 842. The van der Waals surface area contributed by atoms with Gasteiger partial charge in [0.15, 0.2) is 17.9 Å². The zero-order chi connectivity index (χ0) is 18.0. The molecule has 0 aliphatic rings. The van der Waals surface area contributed by atoms with Crippen LogP contribution in [0.25, 0.3) is 0 Å². The lowest BCUT2D eigenvalue weighted by atomic mass is 10.1. The third-order valence-electron chi connectivity index (χ3n) is 3.04. The summed E-state index contributed by atoms with van der Waals surface area (Å²) < 4.78 is 59.8. The Hall–Kier alpha value is -2.17. The summed E-state index contributed by atoms with van der Waals surface area (Å²) in [6.07, 6.45) is 0.0137. The molecule has 0 aliphatic heterocycles.